The van der Waals surface area contributed by atoms with Gasteiger partial charge in [0.25, 0.3) is 0 Å². The molecule has 250 valence electrons. The molecule has 2 aliphatic rings. The lowest BCUT2D eigenvalue weighted by atomic mass is 9.85. The lowest BCUT2D eigenvalue weighted by Crippen LogP contribution is -2.56. The first-order valence-corrected chi connectivity index (χ1v) is 17.5. The molecular weight excluding hydrogens is 544 g/mol. The van der Waals surface area contributed by atoms with Gasteiger partial charge in [-0.15, -0.1) is 0 Å². The van der Waals surface area contributed by atoms with Crippen molar-refractivity contribution >= 4 is 17.8 Å². The predicted molar refractivity (Wildman–Crippen MR) is 171 cm³/mol. The van der Waals surface area contributed by atoms with Gasteiger partial charge in [0.15, 0.2) is 5.79 Å². The molecule has 4 atom stereocenters. The number of amides is 2. The van der Waals surface area contributed by atoms with Crippen LogP contribution in [-0.2, 0) is 28.6 Å². The smallest absolute Gasteiger partial charge is 0.307 e. The van der Waals surface area contributed by atoms with Gasteiger partial charge in [0.2, 0.25) is 11.8 Å². The van der Waals surface area contributed by atoms with Crippen molar-refractivity contribution in [2.75, 3.05) is 13.2 Å². The first-order valence-electron chi connectivity index (χ1n) is 17.5. The zero-order chi connectivity index (χ0) is 31.7. The highest BCUT2D eigenvalue weighted by Gasteiger charge is 2.45. The van der Waals surface area contributed by atoms with Crippen molar-refractivity contribution in [1.82, 2.24) is 10.6 Å². The third-order valence-electron chi connectivity index (χ3n) is 9.02. The fourth-order valence-electron chi connectivity index (χ4n) is 6.08. The molecule has 1 aliphatic heterocycles. The Balaban J connectivity index is 1.62. The lowest BCUT2D eigenvalue weighted by molar-refractivity contribution is -0.304. The molecule has 2 amide bonds. The minimum absolute atomic E-state index is 0.0433. The Kier molecular flexibility index (Phi) is 17.2. The van der Waals surface area contributed by atoms with E-state index in [1.165, 1.54) is 70.6 Å². The number of ether oxygens (including phenoxy) is 3. The minimum atomic E-state index is -0.832. The van der Waals surface area contributed by atoms with E-state index in [1.807, 2.05) is 20.8 Å². The van der Waals surface area contributed by atoms with Crippen molar-refractivity contribution in [3.8, 4) is 0 Å². The van der Waals surface area contributed by atoms with Gasteiger partial charge in [-0.05, 0) is 39.5 Å². The fraction of sp³-hybridized carbons (Fsp3) is 0.914. The largest absolute Gasteiger partial charge is 0.460 e. The Morgan fingerprint density at radius 2 is 1.44 bits per heavy atom. The molecule has 2 rings (SSSR count). The van der Waals surface area contributed by atoms with Crippen molar-refractivity contribution in [2.45, 2.75) is 181 Å². The van der Waals surface area contributed by atoms with Crippen LogP contribution in [0.5, 0.6) is 0 Å². The molecule has 2 fully saturated rings. The molecule has 1 aliphatic carbocycles. The second kappa shape index (κ2) is 19.7. The molecule has 0 radical (unpaired) electrons. The van der Waals surface area contributed by atoms with Gasteiger partial charge < -0.3 is 24.8 Å². The zero-order valence-electron chi connectivity index (χ0n) is 28.4. The first kappa shape index (κ1) is 37.5. The molecule has 1 heterocycles. The monoisotopic (exact) mass is 608 g/mol. The highest BCUT2D eigenvalue weighted by Crippen LogP contribution is 2.35. The van der Waals surface area contributed by atoms with Crippen molar-refractivity contribution in [2.24, 2.45) is 11.3 Å². The van der Waals surface area contributed by atoms with E-state index in [9.17, 15) is 14.4 Å². The van der Waals surface area contributed by atoms with E-state index in [1.54, 1.807) is 13.8 Å². The maximum absolute atomic E-state index is 13.0. The zero-order valence-corrected chi connectivity index (χ0v) is 28.4. The van der Waals surface area contributed by atoms with Crippen molar-refractivity contribution in [1.29, 1.82) is 0 Å². The molecule has 0 aromatic heterocycles. The molecule has 1 saturated heterocycles. The summed E-state index contributed by atoms with van der Waals surface area (Å²) in [4.78, 5) is 38.4. The number of hydrogen-bond acceptors (Lipinski definition) is 6. The van der Waals surface area contributed by atoms with Gasteiger partial charge in [0, 0.05) is 17.9 Å². The Labute approximate surface area is 262 Å². The quantitative estimate of drug-likeness (QED) is 0.111. The van der Waals surface area contributed by atoms with Gasteiger partial charge >= 0.3 is 5.97 Å². The van der Waals surface area contributed by atoms with Crippen LogP contribution in [0.15, 0.2) is 0 Å². The van der Waals surface area contributed by atoms with E-state index in [0.717, 1.165) is 38.5 Å². The van der Waals surface area contributed by atoms with Crippen LogP contribution in [0.4, 0.5) is 0 Å². The van der Waals surface area contributed by atoms with E-state index < -0.39 is 17.3 Å². The maximum Gasteiger partial charge on any atom is 0.307 e. The SMILES string of the molecule is CCCCCCCCCCCCCCC(C)C(=O)N[C@H]1CCCC[C@@H]1OC(=O)CCNC(=O)C1OC(C)(C)OCC1(C)C. The molecule has 0 aromatic carbocycles. The summed E-state index contributed by atoms with van der Waals surface area (Å²) < 4.78 is 17.4. The third-order valence-corrected chi connectivity index (χ3v) is 9.02. The first-order chi connectivity index (χ1) is 20.4. The van der Waals surface area contributed by atoms with Gasteiger partial charge in [-0.1, -0.05) is 111 Å². The molecule has 1 saturated carbocycles. The average molecular weight is 609 g/mol. The number of carbonyl (C=O) groups is 3. The summed E-state index contributed by atoms with van der Waals surface area (Å²) in [5.74, 6) is -1.42. The summed E-state index contributed by atoms with van der Waals surface area (Å²) >= 11 is 0. The van der Waals surface area contributed by atoms with Gasteiger partial charge in [0.05, 0.1) is 19.1 Å². The summed E-state index contributed by atoms with van der Waals surface area (Å²) in [5, 5.41) is 6.02. The van der Waals surface area contributed by atoms with Crippen LogP contribution < -0.4 is 10.6 Å². The van der Waals surface area contributed by atoms with Crippen LogP contribution in [0.2, 0.25) is 0 Å². The van der Waals surface area contributed by atoms with E-state index in [-0.39, 0.29) is 48.8 Å². The summed E-state index contributed by atoms with van der Waals surface area (Å²) in [5.41, 5.74) is -0.474. The fourth-order valence-corrected chi connectivity index (χ4v) is 6.08. The standard InChI is InChI=1S/C35H64N2O6/c1-7-8-9-10-11-12-13-14-15-16-17-18-21-27(2)32(39)37-28-22-19-20-23-29(28)42-30(38)24-25-36-33(40)31-34(3,4)26-41-35(5,6)43-31/h27-29,31H,7-26H2,1-6H3,(H,36,40)(H,37,39)/t27?,28-,29-,31?/m0/s1. The van der Waals surface area contributed by atoms with Gasteiger partial charge in [0.1, 0.15) is 12.2 Å². The lowest BCUT2D eigenvalue weighted by Gasteiger charge is -2.44. The Morgan fingerprint density at radius 3 is 2.07 bits per heavy atom. The Hall–Kier alpha value is -1.67. The molecule has 0 spiro atoms. The van der Waals surface area contributed by atoms with Crippen LogP contribution in [-0.4, -0.2) is 55.0 Å². The maximum atomic E-state index is 13.0. The van der Waals surface area contributed by atoms with Gasteiger partial charge in [-0.2, -0.15) is 0 Å². The van der Waals surface area contributed by atoms with Crippen molar-refractivity contribution in [3.63, 3.8) is 0 Å². The van der Waals surface area contributed by atoms with Crippen LogP contribution in [0, 0.1) is 11.3 Å². The Morgan fingerprint density at radius 1 is 0.860 bits per heavy atom. The number of esters is 1. The number of carbonyl (C=O) groups excluding carboxylic acids is 3. The topological polar surface area (TPSA) is 103 Å². The average Bonchev–Trinajstić information content (AvgIpc) is 2.96. The van der Waals surface area contributed by atoms with Crippen LogP contribution >= 0.6 is 0 Å². The Bertz CT molecular complexity index is 829. The van der Waals surface area contributed by atoms with Gasteiger partial charge in [-0.25, -0.2) is 0 Å². The van der Waals surface area contributed by atoms with Crippen molar-refractivity contribution < 1.29 is 28.6 Å². The summed E-state index contributed by atoms with van der Waals surface area (Å²) in [6, 6.07) is -0.150. The minimum Gasteiger partial charge on any atom is -0.460 e. The van der Waals surface area contributed by atoms with Gasteiger partial charge in [-0.3, -0.25) is 14.4 Å². The summed E-state index contributed by atoms with van der Waals surface area (Å²) in [7, 11) is 0. The van der Waals surface area contributed by atoms with E-state index >= 15 is 0 Å². The molecule has 2 unspecified atom stereocenters. The van der Waals surface area contributed by atoms with E-state index in [2.05, 4.69) is 17.6 Å². The van der Waals surface area contributed by atoms with Crippen LogP contribution in [0.1, 0.15) is 157 Å². The molecule has 2 N–H and O–H groups in total. The number of unbranched alkanes of at least 4 members (excludes halogenated alkanes) is 11. The number of hydrogen-bond donors (Lipinski definition) is 2. The van der Waals surface area contributed by atoms with E-state index in [0.29, 0.717) is 6.61 Å². The molecular formula is C35H64N2O6. The molecule has 8 nitrogen and oxygen atoms in total. The third kappa shape index (κ3) is 14.8. The van der Waals surface area contributed by atoms with E-state index in [4.69, 9.17) is 14.2 Å². The molecule has 0 bridgehead atoms. The van der Waals surface area contributed by atoms with Crippen LogP contribution in [0.3, 0.4) is 0 Å². The normalized spacial score (nSPS) is 23.7. The summed E-state index contributed by atoms with van der Waals surface area (Å²) in [6.45, 7) is 12.3. The molecule has 0 aromatic rings. The molecule has 43 heavy (non-hydrogen) atoms. The number of rotatable bonds is 20. The number of nitrogens with one attached hydrogen (secondary N) is 2. The second-order valence-corrected chi connectivity index (χ2v) is 14.2. The van der Waals surface area contributed by atoms with Crippen molar-refractivity contribution in [3.05, 3.63) is 0 Å². The molecule has 8 heteroatoms. The highest BCUT2D eigenvalue weighted by atomic mass is 16.7. The second-order valence-electron chi connectivity index (χ2n) is 14.2. The highest BCUT2D eigenvalue weighted by molar-refractivity contribution is 5.82. The summed E-state index contributed by atoms with van der Waals surface area (Å²) in [6.07, 6.45) is 19.3. The predicted octanol–water partition coefficient (Wildman–Crippen LogP) is 7.37. The van der Waals surface area contributed by atoms with Crippen LogP contribution in [0.25, 0.3) is 0 Å².